The fourth-order valence-corrected chi connectivity index (χ4v) is 1.71. The zero-order valence-corrected chi connectivity index (χ0v) is 7.30. The first-order valence-electron chi connectivity index (χ1n) is 4.25. The molecule has 1 atom stereocenters. The third-order valence-electron chi connectivity index (χ3n) is 2.37. The van der Waals surface area contributed by atoms with Gasteiger partial charge in [0.1, 0.15) is 0 Å². The standard InChI is InChI=1S/C8H10N2O4/c11-5-1-2-8(13,14)6-7(12)9-3-4-10(5)6/h1-2,6,13-14H,3-4H2,(H,9,12). The highest BCUT2D eigenvalue weighted by atomic mass is 16.5. The molecule has 3 N–H and O–H groups in total. The summed E-state index contributed by atoms with van der Waals surface area (Å²) in [4.78, 5) is 23.8. The van der Waals surface area contributed by atoms with Crippen molar-refractivity contribution in [1.82, 2.24) is 10.2 Å². The Bertz CT molecular complexity index is 323. The predicted octanol–water partition coefficient (Wildman–Crippen LogP) is -2.44. The SMILES string of the molecule is O=C1NCCN2C(=O)C=CC(O)(O)C12. The van der Waals surface area contributed by atoms with Crippen LogP contribution in [0.5, 0.6) is 0 Å². The number of fused-ring (bicyclic) bond motifs is 1. The topological polar surface area (TPSA) is 89.9 Å². The average Bonchev–Trinajstić information content (AvgIpc) is 2.12. The Hall–Kier alpha value is -1.40. The molecule has 2 aliphatic rings. The molecule has 0 saturated carbocycles. The maximum atomic E-state index is 11.3. The molecule has 1 saturated heterocycles. The van der Waals surface area contributed by atoms with Crippen molar-refractivity contribution in [3.8, 4) is 0 Å². The van der Waals surface area contributed by atoms with Crippen molar-refractivity contribution < 1.29 is 19.8 Å². The molecule has 0 aromatic heterocycles. The minimum absolute atomic E-state index is 0.294. The second-order valence-electron chi connectivity index (χ2n) is 3.34. The summed E-state index contributed by atoms with van der Waals surface area (Å²) >= 11 is 0. The van der Waals surface area contributed by atoms with Crippen LogP contribution in [-0.2, 0) is 9.59 Å². The summed E-state index contributed by atoms with van der Waals surface area (Å²) in [5.74, 6) is -3.18. The number of aliphatic hydroxyl groups is 2. The van der Waals surface area contributed by atoms with E-state index in [4.69, 9.17) is 0 Å². The summed E-state index contributed by atoms with van der Waals surface area (Å²) in [5.41, 5.74) is 0. The van der Waals surface area contributed by atoms with E-state index in [2.05, 4.69) is 5.32 Å². The molecule has 0 bridgehead atoms. The highest BCUT2D eigenvalue weighted by Crippen LogP contribution is 2.22. The first-order valence-corrected chi connectivity index (χ1v) is 4.25. The Morgan fingerprint density at radius 3 is 2.86 bits per heavy atom. The van der Waals surface area contributed by atoms with Crippen LogP contribution in [0.15, 0.2) is 12.2 Å². The van der Waals surface area contributed by atoms with Crippen LogP contribution in [-0.4, -0.2) is 51.8 Å². The molecule has 0 aromatic carbocycles. The van der Waals surface area contributed by atoms with E-state index in [1.54, 1.807) is 0 Å². The second kappa shape index (κ2) is 2.79. The Kier molecular flexibility index (Phi) is 1.83. The van der Waals surface area contributed by atoms with E-state index in [1.807, 2.05) is 0 Å². The summed E-state index contributed by atoms with van der Waals surface area (Å²) in [6, 6.07) is -1.23. The van der Waals surface area contributed by atoms with E-state index in [0.717, 1.165) is 17.1 Å². The first kappa shape index (κ1) is 9.17. The molecule has 76 valence electrons. The summed E-state index contributed by atoms with van der Waals surface area (Å²) < 4.78 is 0. The molecule has 0 radical (unpaired) electrons. The molecule has 2 heterocycles. The Labute approximate surface area is 79.8 Å². The maximum absolute atomic E-state index is 11.3. The first-order chi connectivity index (χ1) is 6.52. The molecule has 1 fully saturated rings. The molecule has 1 unspecified atom stereocenters. The lowest BCUT2D eigenvalue weighted by molar-refractivity contribution is -0.190. The molecule has 0 aromatic rings. The van der Waals surface area contributed by atoms with Crippen LogP contribution < -0.4 is 5.32 Å². The van der Waals surface area contributed by atoms with E-state index >= 15 is 0 Å². The lowest BCUT2D eigenvalue weighted by atomic mass is 9.98. The largest absolute Gasteiger partial charge is 0.360 e. The fraction of sp³-hybridized carbons (Fsp3) is 0.500. The third-order valence-corrected chi connectivity index (χ3v) is 2.37. The van der Waals surface area contributed by atoms with Crippen LogP contribution in [0.25, 0.3) is 0 Å². The van der Waals surface area contributed by atoms with Gasteiger partial charge in [-0.1, -0.05) is 0 Å². The Balaban J connectivity index is 2.40. The molecule has 2 aliphatic heterocycles. The number of nitrogens with one attached hydrogen (secondary N) is 1. The predicted molar refractivity (Wildman–Crippen MR) is 44.8 cm³/mol. The molecule has 2 rings (SSSR count). The minimum atomic E-state index is -2.27. The van der Waals surface area contributed by atoms with Crippen LogP contribution >= 0.6 is 0 Å². The Morgan fingerprint density at radius 1 is 1.50 bits per heavy atom. The van der Waals surface area contributed by atoms with Gasteiger partial charge in [-0.2, -0.15) is 0 Å². The number of carbonyl (C=O) groups is 2. The molecule has 2 amide bonds. The molecular weight excluding hydrogens is 188 g/mol. The third kappa shape index (κ3) is 1.19. The highest BCUT2D eigenvalue weighted by Gasteiger charge is 2.48. The van der Waals surface area contributed by atoms with Gasteiger partial charge in [0.25, 0.3) is 0 Å². The van der Waals surface area contributed by atoms with Gasteiger partial charge in [0, 0.05) is 19.2 Å². The second-order valence-corrected chi connectivity index (χ2v) is 3.34. The lowest BCUT2D eigenvalue weighted by Gasteiger charge is -2.42. The van der Waals surface area contributed by atoms with E-state index in [1.165, 1.54) is 0 Å². The van der Waals surface area contributed by atoms with Crippen molar-refractivity contribution in [1.29, 1.82) is 0 Å². The van der Waals surface area contributed by atoms with Gasteiger partial charge >= 0.3 is 0 Å². The van der Waals surface area contributed by atoms with Gasteiger partial charge in [-0.05, 0) is 6.08 Å². The van der Waals surface area contributed by atoms with E-state index in [0.29, 0.717) is 13.1 Å². The average molecular weight is 198 g/mol. The van der Waals surface area contributed by atoms with Crippen LogP contribution in [0.3, 0.4) is 0 Å². The van der Waals surface area contributed by atoms with E-state index < -0.39 is 17.7 Å². The van der Waals surface area contributed by atoms with E-state index in [-0.39, 0.29) is 5.91 Å². The number of rotatable bonds is 0. The van der Waals surface area contributed by atoms with Gasteiger partial charge in [0.15, 0.2) is 6.04 Å². The quantitative estimate of drug-likeness (QED) is 0.377. The van der Waals surface area contributed by atoms with Gasteiger partial charge in [0.05, 0.1) is 0 Å². The number of carbonyl (C=O) groups excluding carboxylic acids is 2. The smallest absolute Gasteiger partial charge is 0.248 e. The number of hydrogen-bond acceptors (Lipinski definition) is 4. The number of amides is 2. The van der Waals surface area contributed by atoms with Crippen LogP contribution in [0.2, 0.25) is 0 Å². The lowest BCUT2D eigenvalue weighted by Crippen LogP contribution is -2.67. The van der Waals surface area contributed by atoms with Gasteiger partial charge in [0.2, 0.25) is 17.6 Å². The van der Waals surface area contributed by atoms with Crippen LogP contribution in [0.4, 0.5) is 0 Å². The maximum Gasteiger partial charge on any atom is 0.248 e. The molecule has 6 heteroatoms. The minimum Gasteiger partial charge on any atom is -0.360 e. The number of piperazine rings is 1. The van der Waals surface area contributed by atoms with Crippen molar-refractivity contribution in [3.05, 3.63) is 12.2 Å². The molecule has 0 aliphatic carbocycles. The van der Waals surface area contributed by atoms with Gasteiger partial charge in [-0.3, -0.25) is 9.59 Å². The number of nitrogens with zero attached hydrogens (tertiary/aromatic N) is 1. The summed E-state index contributed by atoms with van der Waals surface area (Å²) in [5, 5.41) is 21.4. The van der Waals surface area contributed by atoms with Crippen molar-refractivity contribution in [3.63, 3.8) is 0 Å². The highest BCUT2D eigenvalue weighted by molar-refractivity contribution is 5.96. The van der Waals surface area contributed by atoms with Gasteiger partial charge < -0.3 is 20.4 Å². The Morgan fingerprint density at radius 2 is 2.21 bits per heavy atom. The zero-order valence-electron chi connectivity index (χ0n) is 7.30. The van der Waals surface area contributed by atoms with Crippen molar-refractivity contribution in [2.24, 2.45) is 0 Å². The van der Waals surface area contributed by atoms with Gasteiger partial charge in [-0.25, -0.2) is 0 Å². The molecule has 6 nitrogen and oxygen atoms in total. The van der Waals surface area contributed by atoms with E-state index in [9.17, 15) is 19.8 Å². The van der Waals surface area contributed by atoms with Crippen LogP contribution in [0.1, 0.15) is 0 Å². The van der Waals surface area contributed by atoms with Gasteiger partial charge in [-0.15, -0.1) is 0 Å². The van der Waals surface area contributed by atoms with Crippen LogP contribution in [0, 0.1) is 0 Å². The zero-order chi connectivity index (χ0) is 10.3. The van der Waals surface area contributed by atoms with Crippen molar-refractivity contribution >= 4 is 11.8 Å². The van der Waals surface area contributed by atoms with Crippen molar-refractivity contribution in [2.45, 2.75) is 11.8 Å². The fourth-order valence-electron chi connectivity index (χ4n) is 1.71. The monoisotopic (exact) mass is 198 g/mol. The summed E-state index contributed by atoms with van der Waals surface area (Å²) in [6.45, 7) is 0.632. The molecular formula is C8H10N2O4. The summed E-state index contributed by atoms with van der Waals surface area (Å²) in [7, 11) is 0. The molecule has 0 spiro atoms. The number of hydrogen-bond donors (Lipinski definition) is 3. The summed E-state index contributed by atoms with van der Waals surface area (Å²) in [6.07, 6.45) is 2.00. The van der Waals surface area contributed by atoms with Crippen molar-refractivity contribution in [2.75, 3.05) is 13.1 Å². The normalized spacial score (nSPS) is 29.9. The molecule has 14 heavy (non-hydrogen) atoms.